The van der Waals surface area contributed by atoms with Crippen LogP contribution in [0.3, 0.4) is 0 Å². The molecule has 17 heavy (non-hydrogen) atoms. The smallest absolute Gasteiger partial charge is 0.0384 e. The highest BCUT2D eigenvalue weighted by Crippen LogP contribution is 2.20. The van der Waals surface area contributed by atoms with Gasteiger partial charge in [-0.2, -0.15) is 0 Å². The maximum Gasteiger partial charge on any atom is 0.0384 e. The molecule has 0 aliphatic rings. The number of hydrogen-bond donors (Lipinski definition) is 1. The Morgan fingerprint density at radius 2 is 2.06 bits per heavy atom. The van der Waals surface area contributed by atoms with Crippen LogP contribution in [0, 0.1) is 5.92 Å². The molecule has 1 aromatic carbocycles. The van der Waals surface area contributed by atoms with E-state index in [-0.39, 0.29) is 0 Å². The third kappa shape index (κ3) is 4.68. The van der Waals surface area contributed by atoms with Crippen molar-refractivity contribution >= 4 is 11.4 Å². The molecule has 2 nitrogen and oxygen atoms in total. The molecule has 0 spiro atoms. The van der Waals surface area contributed by atoms with E-state index in [2.05, 4.69) is 31.9 Å². The average Bonchev–Trinajstić information content (AvgIpc) is 2.34. The van der Waals surface area contributed by atoms with E-state index in [1.54, 1.807) is 0 Å². The summed E-state index contributed by atoms with van der Waals surface area (Å²) >= 11 is 0. The highest BCUT2D eigenvalue weighted by Gasteiger charge is 2.09. The van der Waals surface area contributed by atoms with Gasteiger partial charge in [-0.3, -0.25) is 0 Å². The zero-order chi connectivity index (χ0) is 12.7. The van der Waals surface area contributed by atoms with E-state index in [4.69, 9.17) is 5.73 Å². The minimum absolute atomic E-state index is 0.793. The van der Waals surface area contributed by atoms with Crippen LogP contribution in [0.15, 0.2) is 24.3 Å². The first-order valence-corrected chi connectivity index (χ1v) is 6.74. The number of unbranched alkanes of at least 4 members (excludes halogenated alkanes) is 1. The second-order valence-electron chi connectivity index (χ2n) is 4.89. The molecule has 0 bridgehead atoms. The first kappa shape index (κ1) is 13.9. The fourth-order valence-corrected chi connectivity index (χ4v) is 2.17. The van der Waals surface area contributed by atoms with E-state index in [1.165, 1.54) is 31.4 Å². The largest absolute Gasteiger partial charge is 0.399 e. The van der Waals surface area contributed by atoms with Gasteiger partial charge < -0.3 is 10.6 Å². The van der Waals surface area contributed by atoms with Crippen LogP contribution < -0.4 is 10.6 Å². The lowest BCUT2D eigenvalue weighted by molar-refractivity contribution is 0.454. The normalized spacial score (nSPS) is 12.4. The molecule has 0 saturated carbocycles. The van der Waals surface area contributed by atoms with Gasteiger partial charge in [0.1, 0.15) is 0 Å². The van der Waals surface area contributed by atoms with Gasteiger partial charge in [0.2, 0.25) is 0 Å². The highest BCUT2D eigenvalue weighted by molar-refractivity contribution is 5.55. The zero-order valence-electron chi connectivity index (χ0n) is 11.4. The highest BCUT2D eigenvalue weighted by atomic mass is 15.1. The van der Waals surface area contributed by atoms with Gasteiger partial charge in [-0.15, -0.1) is 0 Å². The van der Waals surface area contributed by atoms with Crippen molar-refractivity contribution in [1.29, 1.82) is 0 Å². The van der Waals surface area contributed by atoms with Gasteiger partial charge in [-0.05, 0) is 30.5 Å². The number of rotatable bonds is 7. The van der Waals surface area contributed by atoms with Crippen molar-refractivity contribution in [3.8, 4) is 0 Å². The molecular formula is C15H26N2. The number of anilines is 2. The second kappa shape index (κ2) is 7.21. The Balaban J connectivity index is 2.54. The van der Waals surface area contributed by atoms with Crippen LogP contribution >= 0.6 is 0 Å². The van der Waals surface area contributed by atoms with Crippen molar-refractivity contribution in [1.82, 2.24) is 0 Å². The SMILES string of the molecule is CCCCC(CC)CN(C)c1cccc(N)c1. The fraction of sp³-hybridized carbons (Fsp3) is 0.600. The van der Waals surface area contributed by atoms with Crippen LogP contribution in [0.4, 0.5) is 11.4 Å². The van der Waals surface area contributed by atoms with Crippen LogP contribution in [-0.2, 0) is 0 Å². The Hall–Kier alpha value is -1.18. The summed E-state index contributed by atoms with van der Waals surface area (Å²) in [6, 6.07) is 8.13. The van der Waals surface area contributed by atoms with E-state index in [9.17, 15) is 0 Å². The monoisotopic (exact) mass is 234 g/mol. The fourth-order valence-electron chi connectivity index (χ4n) is 2.17. The molecule has 0 aliphatic heterocycles. The Bertz CT molecular complexity index is 322. The van der Waals surface area contributed by atoms with E-state index in [1.807, 2.05) is 18.2 Å². The summed E-state index contributed by atoms with van der Waals surface area (Å²) in [7, 11) is 2.16. The summed E-state index contributed by atoms with van der Waals surface area (Å²) in [5.74, 6) is 0.793. The molecule has 0 aromatic heterocycles. The summed E-state index contributed by atoms with van der Waals surface area (Å²) in [4.78, 5) is 2.32. The van der Waals surface area contributed by atoms with E-state index < -0.39 is 0 Å². The molecule has 1 atom stereocenters. The first-order valence-electron chi connectivity index (χ1n) is 6.74. The predicted molar refractivity (Wildman–Crippen MR) is 77.4 cm³/mol. The molecule has 0 saturated heterocycles. The van der Waals surface area contributed by atoms with E-state index >= 15 is 0 Å². The Morgan fingerprint density at radius 3 is 2.65 bits per heavy atom. The van der Waals surface area contributed by atoms with Crippen LogP contribution in [0.1, 0.15) is 39.5 Å². The van der Waals surface area contributed by atoms with Crippen molar-refractivity contribution in [2.45, 2.75) is 39.5 Å². The number of benzene rings is 1. The molecule has 1 rings (SSSR count). The van der Waals surface area contributed by atoms with Gasteiger partial charge in [0.15, 0.2) is 0 Å². The molecular weight excluding hydrogens is 208 g/mol. The van der Waals surface area contributed by atoms with Gasteiger partial charge >= 0.3 is 0 Å². The number of nitrogens with zero attached hydrogens (tertiary/aromatic N) is 1. The molecule has 0 fully saturated rings. The van der Waals surface area contributed by atoms with Crippen molar-refractivity contribution in [3.05, 3.63) is 24.3 Å². The van der Waals surface area contributed by atoms with E-state index in [0.717, 1.165) is 18.2 Å². The summed E-state index contributed by atoms with van der Waals surface area (Å²) in [6.45, 7) is 5.67. The van der Waals surface area contributed by atoms with Crippen molar-refractivity contribution in [2.24, 2.45) is 5.92 Å². The van der Waals surface area contributed by atoms with E-state index in [0.29, 0.717) is 0 Å². The van der Waals surface area contributed by atoms with Crippen molar-refractivity contribution in [3.63, 3.8) is 0 Å². The molecule has 96 valence electrons. The third-order valence-corrected chi connectivity index (χ3v) is 3.39. The maximum absolute atomic E-state index is 5.81. The van der Waals surface area contributed by atoms with Gasteiger partial charge in [0.05, 0.1) is 0 Å². The van der Waals surface area contributed by atoms with Crippen molar-refractivity contribution < 1.29 is 0 Å². The quantitative estimate of drug-likeness (QED) is 0.724. The maximum atomic E-state index is 5.81. The summed E-state index contributed by atoms with van der Waals surface area (Å²) in [5.41, 5.74) is 7.88. The van der Waals surface area contributed by atoms with Gasteiger partial charge in [0.25, 0.3) is 0 Å². The molecule has 1 aromatic rings. The Morgan fingerprint density at radius 1 is 1.29 bits per heavy atom. The lowest BCUT2D eigenvalue weighted by Gasteiger charge is -2.25. The first-order chi connectivity index (χ1) is 8.17. The minimum atomic E-state index is 0.793. The number of nitrogen functional groups attached to an aromatic ring is 1. The Kier molecular flexibility index (Phi) is 5.88. The standard InChI is InChI=1S/C15H26N2/c1-4-6-8-13(5-2)12-17(3)15-10-7-9-14(16)11-15/h7,9-11,13H,4-6,8,12,16H2,1-3H3. The van der Waals surface area contributed by atoms with Gasteiger partial charge in [-0.1, -0.05) is 39.2 Å². The Labute approximate surface area is 106 Å². The molecule has 0 amide bonds. The van der Waals surface area contributed by atoms with Crippen LogP contribution in [-0.4, -0.2) is 13.6 Å². The number of hydrogen-bond acceptors (Lipinski definition) is 2. The van der Waals surface area contributed by atoms with Crippen LogP contribution in [0.25, 0.3) is 0 Å². The third-order valence-electron chi connectivity index (χ3n) is 3.39. The summed E-state index contributed by atoms with van der Waals surface area (Å²) in [6.07, 6.45) is 5.22. The van der Waals surface area contributed by atoms with Gasteiger partial charge in [0, 0.05) is 25.0 Å². The number of nitrogens with two attached hydrogens (primary N) is 1. The van der Waals surface area contributed by atoms with Crippen molar-refractivity contribution in [2.75, 3.05) is 24.2 Å². The molecule has 1 unspecified atom stereocenters. The zero-order valence-corrected chi connectivity index (χ0v) is 11.4. The molecule has 2 N–H and O–H groups in total. The summed E-state index contributed by atoms with van der Waals surface area (Å²) < 4.78 is 0. The van der Waals surface area contributed by atoms with Crippen LogP contribution in [0.5, 0.6) is 0 Å². The topological polar surface area (TPSA) is 29.3 Å². The minimum Gasteiger partial charge on any atom is -0.399 e. The van der Waals surface area contributed by atoms with Crippen LogP contribution in [0.2, 0.25) is 0 Å². The summed E-state index contributed by atoms with van der Waals surface area (Å²) in [5, 5.41) is 0. The predicted octanol–water partition coefficient (Wildman–Crippen LogP) is 3.92. The van der Waals surface area contributed by atoms with Gasteiger partial charge in [-0.25, -0.2) is 0 Å². The second-order valence-corrected chi connectivity index (χ2v) is 4.89. The lowest BCUT2D eigenvalue weighted by Crippen LogP contribution is -2.25. The molecule has 0 radical (unpaired) electrons. The average molecular weight is 234 g/mol. The molecule has 0 aliphatic carbocycles. The molecule has 2 heteroatoms. The lowest BCUT2D eigenvalue weighted by atomic mass is 9.98. The molecule has 0 heterocycles.